The summed E-state index contributed by atoms with van der Waals surface area (Å²) in [5, 5.41) is 0.164. The van der Waals surface area contributed by atoms with Gasteiger partial charge in [0.2, 0.25) is 0 Å². The highest BCUT2D eigenvalue weighted by Gasteiger charge is 2.16. The predicted octanol–water partition coefficient (Wildman–Crippen LogP) is 0.785. The van der Waals surface area contributed by atoms with Gasteiger partial charge in [-0.05, 0) is 12.1 Å². The second kappa shape index (κ2) is 5.04. The van der Waals surface area contributed by atoms with Crippen molar-refractivity contribution in [3.8, 4) is 11.5 Å². The second-order valence-electron chi connectivity index (χ2n) is 3.89. The predicted molar refractivity (Wildman–Crippen MR) is 72.7 cm³/mol. The molecule has 0 aliphatic carbocycles. The van der Waals surface area contributed by atoms with Crippen LogP contribution in [0.3, 0.4) is 0 Å². The monoisotopic (exact) mass is 335 g/mol. The van der Waals surface area contributed by atoms with Crippen LogP contribution in [0.5, 0.6) is 11.5 Å². The number of nitrogens with two attached hydrogens (primary N) is 1. The molecule has 0 bridgehead atoms. The molecule has 0 fully saturated rings. The first-order valence-electron chi connectivity index (χ1n) is 5.21. The molecule has 0 saturated carbocycles. The molecule has 0 spiro atoms. The number of fused-ring (bicyclic) bond motifs is 1. The van der Waals surface area contributed by atoms with Gasteiger partial charge in [-0.15, -0.1) is 0 Å². The van der Waals surface area contributed by atoms with E-state index in [2.05, 4.69) is 8.37 Å². The maximum atomic E-state index is 10.8. The standard InChI is InChI=1S/C10H9NO8S2/c11-6-4-8-7(10(5-6)19-21(15,16)17)2-1-3-9(8)18-20(12,13)14/h1-5H,11H2,(H,12,13,14)(H,15,16,17). The van der Waals surface area contributed by atoms with Crippen LogP contribution in [0.1, 0.15) is 0 Å². The number of benzene rings is 2. The highest BCUT2D eigenvalue weighted by Crippen LogP contribution is 2.35. The largest absolute Gasteiger partial charge is 0.446 e. The maximum absolute atomic E-state index is 10.8. The van der Waals surface area contributed by atoms with Crippen LogP contribution in [0, 0.1) is 0 Å². The van der Waals surface area contributed by atoms with Crippen LogP contribution in [0.15, 0.2) is 30.3 Å². The summed E-state index contributed by atoms with van der Waals surface area (Å²) >= 11 is 0. The van der Waals surface area contributed by atoms with Gasteiger partial charge in [0.1, 0.15) is 0 Å². The van der Waals surface area contributed by atoms with E-state index < -0.39 is 20.8 Å². The average Bonchev–Trinajstić information content (AvgIpc) is 2.26. The second-order valence-corrected chi connectivity index (χ2v) is 5.94. The van der Waals surface area contributed by atoms with Gasteiger partial charge in [0.25, 0.3) is 0 Å². The van der Waals surface area contributed by atoms with E-state index in [0.29, 0.717) is 0 Å². The van der Waals surface area contributed by atoms with E-state index in [9.17, 15) is 16.8 Å². The highest BCUT2D eigenvalue weighted by atomic mass is 32.3. The minimum Gasteiger partial charge on any atom is -0.399 e. The van der Waals surface area contributed by atoms with Crippen LogP contribution in [0.4, 0.5) is 5.69 Å². The van der Waals surface area contributed by atoms with E-state index in [1.807, 2.05) is 0 Å². The molecule has 114 valence electrons. The Labute approximate surface area is 119 Å². The summed E-state index contributed by atoms with van der Waals surface area (Å²) in [6.07, 6.45) is 0. The minimum absolute atomic E-state index is 0.0209. The smallest absolute Gasteiger partial charge is 0.399 e. The fourth-order valence-corrected chi connectivity index (χ4v) is 2.45. The van der Waals surface area contributed by atoms with Gasteiger partial charge in [0.05, 0.1) is 0 Å². The average molecular weight is 335 g/mol. The summed E-state index contributed by atoms with van der Waals surface area (Å²) in [4.78, 5) is 0. The third-order valence-electron chi connectivity index (χ3n) is 2.33. The lowest BCUT2D eigenvalue weighted by Crippen LogP contribution is -2.09. The lowest BCUT2D eigenvalue weighted by atomic mass is 10.1. The molecule has 0 heterocycles. The fourth-order valence-electron chi connectivity index (χ4n) is 1.71. The molecule has 21 heavy (non-hydrogen) atoms. The van der Waals surface area contributed by atoms with E-state index in [4.69, 9.17) is 14.8 Å². The van der Waals surface area contributed by atoms with Crippen LogP contribution in [0.2, 0.25) is 0 Å². The summed E-state index contributed by atoms with van der Waals surface area (Å²) in [5.41, 5.74) is 5.57. The molecule has 11 heteroatoms. The van der Waals surface area contributed by atoms with Gasteiger partial charge < -0.3 is 14.1 Å². The van der Waals surface area contributed by atoms with Crippen LogP contribution < -0.4 is 14.1 Å². The Morgan fingerprint density at radius 2 is 1.43 bits per heavy atom. The zero-order valence-electron chi connectivity index (χ0n) is 10.1. The third-order valence-corrected chi connectivity index (χ3v) is 3.11. The molecular weight excluding hydrogens is 326 g/mol. The molecular formula is C10H9NO8S2. The Hall–Kier alpha value is -2.08. The van der Waals surface area contributed by atoms with Crippen molar-refractivity contribution in [3.05, 3.63) is 30.3 Å². The summed E-state index contributed by atoms with van der Waals surface area (Å²) in [7, 11) is -9.58. The molecule has 0 aromatic heterocycles. The van der Waals surface area contributed by atoms with Gasteiger partial charge in [-0.1, -0.05) is 12.1 Å². The van der Waals surface area contributed by atoms with Crippen molar-refractivity contribution in [1.82, 2.24) is 0 Å². The van der Waals surface area contributed by atoms with Gasteiger partial charge in [-0.3, -0.25) is 9.11 Å². The zero-order chi connectivity index (χ0) is 15.8. The van der Waals surface area contributed by atoms with Crippen molar-refractivity contribution < 1.29 is 34.3 Å². The van der Waals surface area contributed by atoms with Crippen molar-refractivity contribution in [1.29, 1.82) is 0 Å². The van der Waals surface area contributed by atoms with E-state index in [-0.39, 0.29) is 28.0 Å². The first-order chi connectivity index (χ1) is 9.55. The van der Waals surface area contributed by atoms with E-state index in [1.165, 1.54) is 24.3 Å². The molecule has 9 nitrogen and oxygen atoms in total. The fraction of sp³-hybridized carbons (Fsp3) is 0. The molecule has 2 aromatic rings. The quantitative estimate of drug-likeness (QED) is 0.543. The van der Waals surface area contributed by atoms with Crippen molar-refractivity contribution in [2.45, 2.75) is 0 Å². The molecule has 0 amide bonds. The summed E-state index contributed by atoms with van der Waals surface area (Å²) in [5.74, 6) is -0.615. The van der Waals surface area contributed by atoms with E-state index in [1.54, 1.807) is 0 Å². The number of rotatable bonds is 4. The van der Waals surface area contributed by atoms with Crippen molar-refractivity contribution in [3.63, 3.8) is 0 Å². The Bertz CT molecular complexity index is 904. The summed E-state index contributed by atoms with van der Waals surface area (Å²) in [6.45, 7) is 0. The van der Waals surface area contributed by atoms with Crippen LogP contribution >= 0.6 is 0 Å². The Kier molecular flexibility index (Phi) is 3.67. The topological polar surface area (TPSA) is 153 Å². The number of hydrogen-bond acceptors (Lipinski definition) is 7. The molecule has 0 radical (unpaired) electrons. The summed E-state index contributed by atoms with van der Waals surface area (Å²) in [6, 6.07) is 6.33. The van der Waals surface area contributed by atoms with E-state index >= 15 is 0 Å². The molecule has 2 rings (SSSR count). The number of nitrogen functional groups attached to an aromatic ring is 1. The van der Waals surface area contributed by atoms with Gasteiger partial charge in [-0.2, -0.15) is 16.8 Å². The third kappa shape index (κ3) is 3.95. The molecule has 0 saturated heterocycles. The Morgan fingerprint density at radius 1 is 0.857 bits per heavy atom. The van der Waals surface area contributed by atoms with Crippen LogP contribution in [-0.4, -0.2) is 25.9 Å². The van der Waals surface area contributed by atoms with Crippen LogP contribution in [-0.2, 0) is 20.8 Å². The van der Waals surface area contributed by atoms with Gasteiger partial charge >= 0.3 is 20.8 Å². The maximum Gasteiger partial charge on any atom is 0.446 e. The van der Waals surface area contributed by atoms with Crippen molar-refractivity contribution in [2.75, 3.05) is 5.73 Å². The molecule has 0 aliphatic heterocycles. The Morgan fingerprint density at radius 3 is 2.00 bits per heavy atom. The zero-order valence-corrected chi connectivity index (χ0v) is 11.8. The minimum atomic E-state index is -4.80. The molecule has 0 aliphatic rings. The molecule has 0 atom stereocenters. The molecule has 0 unspecified atom stereocenters. The summed E-state index contributed by atoms with van der Waals surface area (Å²) < 4.78 is 69.3. The lowest BCUT2D eigenvalue weighted by Gasteiger charge is -2.10. The van der Waals surface area contributed by atoms with E-state index in [0.717, 1.165) is 6.07 Å². The SMILES string of the molecule is Nc1cc(OS(=O)(=O)O)c2cccc(OS(=O)(=O)O)c2c1. The Balaban J connectivity index is 2.72. The molecule has 4 N–H and O–H groups in total. The normalized spacial score (nSPS) is 12.3. The first kappa shape index (κ1) is 15.3. The lowest BCUT2D eigenvalue weighted by molar-refractivity contribution is 0.384. The number of anilines is 1. The molecule has 2 aromatic carbocycles. The van der Waals surface area contributed by atoms with Gasteiger partial charge in [0, 0.05) is 22.5 Å². The highest BCUT2D eigenvalue weighted by molar-refractivity contribution is 7.81. The van der Waals surface area contributed by atoms with Gasteiger partial charge in [0.15, 0.2) is 11.5 Å². The van der Waals surface area contributed by atoms with Crippen LogP contribution in [0.25, 0.3) is 10.8 Å². The first-order valence-corrected chi connectivity index (χ1v) is 7.94. The number of hydrogen-bond donors (Lipinski definition) is 3. The van der Waals surface area contributed by atoms with Crippen molar-refractivity contribution >= 4 is 37.3 Å². The van der Waals surface area contributed by atoms with Gasteiger partial charge in [-0.25, -0.2) is 0 Å². The van der Waals surface area contributed by atoms with Crippen molar-refractivity contribution in [2.24, 2.45) is 0 Å².